The minimum absolute atomic E-state index is 0.0682. The largest absolute Gasteiger partial charge is 0.457 e. The lowest BCUT2D eigenvalue weighted by Crippen LogP contribution is -2.37. The number of hydrogen-bond donors (Lipinski definition) is 0. The quantitative estimate of drug-likeness (QED) is 0.730. The Morgan fingerprint density at radius 2 is 2.17 bits per heavy atom. The van der Waals surface area contributed by atoms with Gasteiger partial charge in [0.25, 0.3) is 10.0 Å². The van der Waals surface area contributed by atoms with Crippen LogP contribution >= 0.6 is 15.9 Å². The number of sulfonamides is 1. The summed E-state index contributed by atoms with van der Waals surface area (Å²) in [6, 6.07) is 7.49. The average Bonchev–Trinajstić information content (AvgIpc) is 2.51. The van der Waals surface area contributed by atoms with Crippen LogP contribution in [0.15, 0.2) is 57.1 Å². The molecule has 8 heteroatoms. The number of esters is 1. The second-order valence-corrected chi connectivity index (χ2v) is 7.72. The second kappa shape index (κ2) is 6.29. The summed E-state index contributed by atoms with van der Waals surface area (Å²) in [6.07, 6.45) is 4.59. The SMILES string of the molecule is O=C(OCc1cccc(Br)c1)C1=CN2CCS(=O)(=O)N=C2C=C1. The van der Waals surface area contributed by atoms with Gasteiger partial charge in [0.05, 0.1) is 11.3 Å². The van der Waals surface area contributed by atoms with Crippen molar-refractivity contribution in [3.63, 3.8) is 0 Å². The molecule has 0 aromatic heterocycles. The molecule has 0 unspecified atom stereocenters. The van der Waals surface area contributed by atoms with Crippen LogP contribution in [0.1, 0.15) is 5.56 Å². The van der Waals surface area contributed by atoms with Crippen molar-refractivity contribution >= 4 is 37.8 Å². The standard InChI is InChI=1S/C15H13BrN2O4S/c16-13-3-1-2-11(8-13)10-22-15(19)12-4-5-14-17-23(20,21)7-6-18(14)9-12/h1-5,8-9H,6-7,10H2. The van der Waals surface area contributed by atoms with Crippen LogP contribution in [0.5, 0.6) is 0 Å². The molecule has 0 amide bonds. The van der Waals surface area contributed by atoms with E-state index in [1.54, 1.807) is 11.1 Å². The molecule has 0 N–H and O–H groups in total. The maximum atomic E-state index is 12.1. The van der Waals surface area contributed by atoms with Gasteiger partial charge in [0.15, 0.2) is 0 Å². The summed E-state index contributed by atoms with van der Waals surface area (Å²) in [4.78, 5) is 13.8. The van der Waals surface area contributed by atoms with Gasteiger partial charge in [-0.05, 0) is 29.8 Å². The maximum absolute atomic E-state index is 12.1. The Labute approximate surface area is 142 Å². The Morgan fingerprint density at radius 1 is 1.35 bits per heavy atom. The molecule has 0 bridgehead atoms. The lowest BCUT2D eigenvalue weighted by molar-refractivity contribution is -0.139. The van der Waals surface area contributed by atoms with E-state index in [2.05, 4.69) is 20.3 Å². The predicted octanol–water partition coefficient (Wildman–Crippen LogP) is 1.99. The Kier molecular flexibility index (Phi) is 4.36. The highest BCUT2D eigenvalue weighted by atomic mass is 79.9. The van der Waals surface area contributed by atoms with Crippen molar-refractivity contribution in [3.05, 3.63) is 58.2 Å². The van der Waals surface area contributed by atoms with Crippen LogP contribution in [0, 0.1) is 0 Å². The highest BCUT2D eigenvalue weighted by molar-refractivity contribution is 9.10. The van der Waals surface area contributed by atoms with Crippen LogP contribution in [0.25, 0.3) is 0 Å². The minimum atomic E-state index is -3.40. The summed E-state index contributed by atoms with van der Waals surface area (Å²) in [5, 5.41) is 0. The van der Waals surface area contributed by atoms with Gasteiger partial charge in [-0.1, -0.05) is 28.1 Å². The van der Waals surface area contributed by atoms with Crippen LogP contribution in [-0.4, -0.2) is 37.4 Å². The first kappa shape index (κ1) is 15.9. The monoisotopic (exact) mass is 396 g/mol. The van der Waals surface area contributed by atoms with Crippen LogP contribution in [-0.2, 0) is 26.2 Å². The van der Waals surface area contributed by atoms with Gasteiger partial charge in [-0.2, -0.15) is 0 Å². The van der Waals surface area contributed by atoms with E-state index in [9.17, 15) is 13.2 Å². The molecule has 0 radical (unpaired) electrons. The molecule has 0 saturated carbocycles. The summed E-state index contributed by atoms with van der Waals surface area (Å²) < 4.78 is 32.7. The molecule has 3 rings (SSSR count). The molecule has 23 heavy (non-hydrogen) atoms. The van der Waals surface area contributed by atoms with E-state index in [1.807, 2.05) is 24.3 Å². The zero-order valence-electron chi connectivity index (χ0n) is 12.0. The first-order valence-corrected chi connectivity index (χ1v) is 9.24. The number of benzene rings is 1. The summed E-state index contributed by atoms with van der Waals surface area (Å²) in [5.41, 5.74) is 1.23. The number of nitrogens with zero attached hydrogens (tertiary/aromatic N) is 2. The van der Waals surface area contributed by atoms with Gasteiger partial charge in [-0.3, -0.25) is 0 Å². The van der Waals surface area contributed by atoms with Crippen molar-refractivity contribution in [1.29, 1.82) is 0 Å². The number of hydrogen-bond acceptors (Lipinski definition) is 5. The van der Waals surface area contributed by atoms with Crippen LogP contribution in [0.4, 0.5) is 0 Å². The molecule has 2 aliphatic heterocycles. The summed E-state index contributed by atoms with van der Waals surface area (Å²) in [6.45, 7) is 0.437. The highest BCUT2D eigenvalue weighted by Gasteiger charge is 2.25. The number of fused-ring (bicyclic) bond motifs is 1. The van der Waals surface area contributed by atoms with Gasteiger partial charge in [0.1, 0.15) is 12.4 Å². The zero-order valence-corrected chi connectivity index (χ0v) is 14.4. The summed E-state index contributed by atoms with van der Waals surface area (Å²) >= 11 is 3.36. The molecule has 120 valence electrons. The molecule has 2 aliphatic rings. The minimum Gasteiger partial charge on any atom is -0.457 e. The third kappa shape index (κ3) is 3.89. The average molecular weight is 397 g/mol. The van der Waals surface area contributed by atoms with Gasteiger partial charge >= 0.3 is 5.97 Å². The zero-order chi connectivity index (χ0) is 16.4. The molecule has 0 aliphatic carbocycles. The number of ether oxygens (including phenoxy) is 1. The fourth-order valence-corrected chi connectivity index (χ4v) is 3.60. The van der Waals surface area contributed by atoms with E-state index in [1.165, 1.54) is 12.2 Å². The molecular formula is C15H13BrN2O4S. The van der Waals surface area contributed by atoms with E-state index in [0.29, 0.717) is 11.4 Å². The van der Waals surface area contributed by atoms with Crippen molar-refractivity contribution in [3.8, 4) is 0 Å². The molecule has 1 aromatic rings. The maximum Gasteiger partial charge on any atom is 0.339 e. The Balaban J connectivity index is 1.68. The molecule has 0 atom stereocenters. The third-order valence-corrected chi connectivity index (χ3v) is 4.98. The Morgan fingerprint density at radius 3 is 2.96 bits per heavy atom. The summed E-state index contributed by atoms with van der Waals surface area (Å²) in [7, 11) is -3.40. The normalized spacial score (nSPS) is 18.7. The summed E-state index contributed by atoms with van der Waals surface area (Å²) in [5.74, 6) is -0.213. The highest BCUT2D eigenvalue weighted by Crippen LogP contribution is 2.18. The van der Waals surface area contributed by atoms with Crippen molar-refractivity contribution in [2.75, 3.05) is 12.3 Å². The smallest absolute Gasteiger partial charge is 0.339 e. The van der Waals surface area contributed by atoms with E-state index in [-0.39, 0.29) is 18.9 Å². The van der Waals surface area contributed by atoms with Gasteiger partial charge in [0.2, 0.25) is 0 Å². The number of rotatable bonds is 3. The van der Waals surface area contributed by atoms with Crippen molar-refractivity contribution in [2.45, 2.75) is 6.61 Å². The van der Waals surface area contributed by atoms with E-state index < -0.39 is 16.0 Å². The number of halogens is 1. The van der Waals surface area contributed by atoms with Crippen LogP contribution < -0.4 is 0 Å². The molecular weight excluding hydrogens is 384 g/mol. The van der Waals surface area contributed by atoms with Crippen molar-refractivity contribution in [2.24, 2.45) is 4.40 Å². The van der Waals surface area contributed by atoms with Gasteiger partial charge < -0.3 is 9.64 Å². The molecule has 0 fully saturated rings. The second-order valence-electron chi connectivity index (χ2n) is 5.05. The molecule has 0 saturated heterocycles. The topological polar surface area (TPSA) is 76.0 Å². The van der Waals surface area contributed by atoms with E-state index >= 15 is 0 Å². The molecule has 0 spiro atoms. The van der Waals surface area contributed by atoms with E-state index in [4.69, 9.17) is 4.74 Å². The van der Waals surface area contributed by atoms with E-state index in [0.717, 1.165) is 10.0 Å². The van der Waals surface area contributed by atoms with Gasteiger partial charge in [0, 0.05) is 17.2 Å². The number of carbonyl (C=O) groups excluding carboxylic acids is 1. The third-order valence-electron chi connectivity index (χ3n) is 3.32. The number of carbonyl (C=O) groups is 1. The van der Waals surface area contributed by atoms with Gasteiger partial charge in [-0.15, -0.1) is 4.40 Å². The molecule has 6 nitrogen and oxygen atoms in total. The van der Waals surface area contributed by atoms with Crippen molar-refractivity contribution in [1.82, 2.24) is 4.90 Å². The van der Waals surface area contributed by atoms with Gasteiger partial charge in [-0.25, -0.2) is 13.2 Å². The molecule has 1 aromatic carbocycles. The fraction of sp³-hybridized carbons (Fsp3) is 0.200. The number of amidine groups is 1. The first-order chi connectivity index (χ1) is 10.9. The van der Waals surface area contributed by atoms with Crippen molar-refractivity contribution < 1.29 is 17.9 Å². The lowest BCUT2D eigenvalue weighted by atomic mass is 10.2. The predicted molar refractivity (Wildman–Crippen MR) is 89.1 cm³/mol. The lowest BCUT2D eigenvalue weighted by Gasteiger charge is -2.26. The Hall–Kier alpha value is -1.93. The van der Waals surface area contributed by atoms with Crippen LogP contribution in [0.3, 0.4) is 0 Å². The van der Waals surface area contributed by atoms with Crippen LogP contribution in [0.2, 0.25) is 0 Å². The Bertz CT molecular complexity index is 843. The fourth-order valence-electron chi connectivity index (χ4n) is 2.18. The molecule has 2 heterocycles. The first-order valence-electron chi connectivity index (χ1n) is 6.84.